The number of thioether (sulfide) groups is 1. The van der Waals surface area contributed by atoms with Gasteiger partial charge in [0.25, 0.3) is 0 Å². The fourth-order valence-electron chi connectivity index (χ4n) is 1.55. The average molecular weight is 247 g/mol. The maximum Gasteiger partial charge on any atom is 0.223 e. The number of nitrogens with one attached hydrogen (secondary N) is 1. The highest BCUT2D eigenvalue weighted by Gasteiger charge is 2.26. The van der Waals surface area contributed by atoms with Crippen molar-refractivity contribution in [1.29, 1.82) is 0 Å². The van der Waals surface area contributed by atoms with Gasteiger partial charge < -0.3 is 10.4 Å². The van der Waals surface area contributed by atoms with Gasteiger partial charge in [-0.05, 0) is 19.1 Å². The first kappa shape index (κ1) is 15.8. The number of carbonyl (C=O) groups excluding carboxylic acids is 1. The van der Waals surface area contributed by atoms with Crippen LogP contribution in [0.15, 0.2) is 0 Å². The van der Waals surface area contributed by atoms with Gasteiger partial charge in [0.05, 0.1) is 6.61 Å². The molecule has 1 atom stereocenters. The van der Waals surface area contributed by atoms with Crippen molar-refractivity contribution in [3.8, 4) is 0 Å². The highest BCUT2D eigenvalue weighted by Crippen LogP contribution is 2.24. The Bertz CT molecular complexity index is 197. The Balaban J connectivity index is 4.15. The van der Waals surface area contributed by atoms with Crippen molar-refractivity contribution >= 4 is 17.7 Å². The minimum Gasteiger partial charge on any atom is -0.396 e. The monoisotopic (exact) mass is 247 g/mol. The molecule has 0 saturated heterocycles. The van der Waals surface area contributed by atoms with E-state index in [9.17, 15) is 9.90 Å². The van der Waals surface area contributed by atoms with Gasteiger partial charge in [0.2, 0.25) is 5.91 Å². The molecule has 16 heavy (non-hydrogen) atoms. The van der Waals surface area contributed by atoms with Crippen LogP contribution in [0.4, 0.5) is 0 Å². The molecule has 0 saturated carbocycles. The number of hydrogen-bond acceptors (Lipinski definition) is 3. The summed E-state index contributed by atoms with van der Waals surface area (Å²) in [5, 5.41) is 12.3. The molecule has 0 aliphatic heterocycles. The molecule has 3 nitrogen and oxygen atoms in total. The van der Waals surface area contributed by atoms with Crippen LogP contribution in [-0.2, 0) is 4.79 Å². The summed E-state index contributed by atoms with van der Waals surface area (Å²) in [6, 6.07) is 0. The third-order valence-corrected chi connectivity index (χ3v) is 4.17. The second-order valence-corrected chi connectivity index (χ2v) is 5.35. The molecule has 0 heterocycles. The highest BCUT2D eigenvalue weighted by atomic mass is 32.2. The zero-order chi connectivity index (χ0) is 12.6. The topological polar surface area (TPSA) is 49.3 Å². The quantitative estimate of drug-likeness (QED) is 0.689. The summed E-state index contributed by atoms with van der Waals surface area (Å²) in [4.78, 5) is 11.7. The molecule has 0 aliphatic carbocycles. The van der Waals surface area contributed by atoms with Crippen molar-refractivity contribution in [2.24, 2.45) is 11.3 Å². The lowest BCUT2D eigenvalue weighted by atomic mass is 9.83. The van der Waals surface area contributed by atoms with Crippen LogP contribution in [-0.4, -0.2) is 36.2 Å². The van der Waals surface area contributed by atoms with Gasteiger partial charge in [-0.15, -0.1) is 0 Å². The van der Waals surface area contributed by atoms with Crippen LogP contribution in [0.2, 0.25) is 0 Å². The van der Waals surface area contributed by atoms with Crippen molar-refractivity contribution < 1.29 is 9.90 Å². The molecule has 2 N–H and O–H groups in total. The third kappa shape index (κ3) is 4.74. The second-order valence-electron chi connectivity index (χ2n) is 4.44. The van der Waals surface area contributed by atoms with Crippen molar-refractivity contribution in [2.75, 3.05) is 25.2 Å². The van der Waals surface area contributed by atoms with Crippen LogP contribution in [0, 0.1) is 11.3 Å². The number of hydrogen-bond donors (Lipinski definition) is 2. The van der Waals surface area contributed by atoms with Crippen LogP contribution >= 0.6 is 11.8 Å². The molecule has 0 aromatic heterocycles. The molecule has 0 aromatic carbocycles. The Morgan fingerprint density at radius 3 is 2.38 bits per heavy atom. The predicted molar refractivity (Wildman–Crippen MR) is 70.7 cm³/mol. The summed E-state index contributed by atoms with van der Waals surface area (Å²) in [6.07, 6.45) is 3.77. The molecule has 0 aliphatic rings. The molecule has 1 amide bonds. The van der Waals surface area contributed by atoms with Crippen molar-refractivity contribution in [3.63, 3.8) is 0 Å². The van der Waals surface area contributed by atoms with E-state index in [-0.39, 0.29) is 23.8 Å². The van der Waals surface area contributed by atoms with Gasteiger partial charge >= 0.3 is 0 Å². The molecule has 0 aromatic rings. The number of amides is 1. The lowest BCUT2D eigenvalue weighted by molar-refractivity contribution is -0.124. The lowest BCUT2D eigenvalue weighted by Crippen LogP contribution is -2.41. The van der Waals surface area contributed by atoms with E-state index >= 15 is 0 Å². The predicted octanol–water partition coefficient (Wildman–Crippen LogP) is 1.90. The largest absolute Gasteiger partial charge is 0.396 e. The van der Waals surface area contributed by atoms with Crippen molar-refractivity contribution in [1.82, 2.24) is 5.32 Å². The molecular weight excluding hydrogens is 222 g/mol. The van der Waals surface area contributed by atoms with E-state index in [0.717, 1.165) is 18.6 Å². The Morgan fingerprint density at radius 1 is 1.44 bits per heavy atom. The van der Waals surface area contributed by atoms with Crippen LogP contribution in [0.5, 0.6) is 0 Å². The maximum atomic E-state index is 11.7. The number of rotatable bonds is 8. The van der Waals surface area contributed by atoms with E-state index in [0.29, 0.717) is 6.54 Å². The zero-order valence-electron chi connectivity index (χ0n) is 10.9. The Kier molecular flexibility index (Phi) is 7.85. The van der Waals surface area contributed by atoms with Gasteiger partial charge in [0, 0.05) is 23.6 Å². The van der Waals surface area contributed by atoms with Crippen molar-refractivity contribution in [3.05, 3.63) is 0 Å². The molecule has 96 valence electrons. The first-order chi connectivity index (χ1) is 7.55. The molecular formula is C12H25NO2S. The zero-order valence-corrected chi connectivity index (χ0v) is 11.7. The maximum absolute atomic E-state index is 11.7. The van der Waals surface area contributed by atoms with Crippen LogP contribution in [0.3, 0.4) is 0 Å². The van der Waals surface area contributed by atoms with E-state index in [1.165, 1.54) is 0 Å². The molecule has 0 fully saturated rings. The van der Waals surface area contributed by atoms with Crippen molar-refractivity contribution in [2.45, 2.75) is 33.6 Å². The van der Waals surface area contributed by atoms with E-state index in [1.807, 2.05) is 13.2 Å². The molecule has 4 heteroatoms. The van der Waals surface area contributed by atoms with E-state index in [4.69, 9.17) is 0 Å². The smallest absolute Gasteiger partial charge is 0.223 e. The Hall–Kier alpha value is -0.220. The summed E-state index contributed by atoms with van der Waals surface area (Å²) in [6.45, 7) is 6.75. The molecule has 1 unspecified atom stereocenters. The van der Waals surface area contributed by atoms with Gasteiger partial charge in [-0.3, -0.25) is 4.79 Å². The highest BCUT2D eigenvalue weighted by molar-refractivity contribution is 7.98. The van der Waals surface area contributed by atoms with E-state index in [1.54, 1.807) is 11.8 Å². The van der Waals surface area contributed by atoms with Crippen LogP contribution in [0.25, 0.3) is 0 Å². The summed E-state index contributed by atoms with van der Waals surface area (Å²) < 4.78 is 0. The number of aliphatic hydroxyl groups excluding tert-OH is 1. The van der Waals surface area contributed by atoms with Gasteiger partial charge in [-0.25, -0.2) is 0 Å². The molecule has 0 bridgehead atoms. The molecule has 0 spiro atoms. The SMILES string of the molecule is CCC(CC)(CO)CNC(=O)C(C)CSC. The van der Waals surface area contributed by atoms with Crippen LogP contribution < -0.4 is 5.32 Å². The third-order valence-electron chi connectivity index (χ3n) is 3.34. The lowest BCUT2D eigenvalue weighted by Gasteiger charge is -2.30. The Morgan fingerprint density at radius 2 is 2.00 bits per heavy atom. The summed E-state index contributed by atoms with van der Waals surface area (Å²) in [5.41, 5.74) is -0.144. The summed E-state index contributed by atoms with van der Waals surface area (Å²) in [5.74, 6) is 0.977. The second kappa shape index (κ2) is 7.96. The van der Waals surface area contributed by atoms with Crippen LogP contribution in [0.1, 0.15) is 33.6 Å². The first-order valence-corrected chi connectivity index (χ1v) is 7.32. The van der Waals surface area contributed by atoms with Gasteiger partial charge in [0.15, 0.2) is 0 Å². The fourth-order valence-corrected chi connectivity index (χ4v) is 2.21. The standard InChI is InChI=1S/C12H25NO2S/c1-5-12(6-2,9-14)8-13-11(15)10(3)7-16-4/h10,14H,5-9H2,1-4H3,(H,13,15). The fraction of sp³-hybridized carbons (Fsp3) is 0.917. The minimum absolute atomic E-state index is 0.0418. The normalized spacial score (nSPS) is 13.6. The van der Waals surface area contributed by atoms with Gasteiger partial charge in [-0.2, -0.15) is 11.8 Å². The average Bonchev–Trinajstić information content (AvgIpc) is 2.31. The number of aliphatic hydroxyl groups is 1. The summed E-state index contributed by atoms with van der Waals surface area (Å²) >= 11 is 1.68. The van der Waals surface area contributed by atoms with E-state index < -0.39 is 0 Å². The van der Waals surface area contributed by atoms with Gasteiger partial charge in [0.1, 0.15) is 0 Å². The first-order valence-electron chi connectivity index (χ1n) is 5.92. The van der Waals surface area contributed by atoms with E-state index in [2.05, 4.69) is 19.2 Å². The Labute approximate surface area is 103 Å². The minimum atomic E-state index is -0.144. The molecule has 0 radical (unpaired) electrons. The number of carbonyl (C=O) groups is 1. The molecule has 0 rings (SSSR count). The summed E-state index contributed by atoms with van der Waals surface area (Å²) in [7, 11) is 0. The van der Waals surface area contributed by atoms with Gasteiger partial charge in [-0.1, -0.05) is 20.8 Å².